The Kier molecular flexibility index (Phi) is 5.64. The molecule has 3 N–H and O–H groups in total. The second kappa shape index (κ2) is 7.75. The lowest BCUT2D eigenvalue weighted by molar-refractivity contribution is -0.125. The van der Waals surface area contributed by atoms with Crippen molar-refractivity contribution >= 4 is 5.91 Å². The van der Waals surface area contributed by atoms with E-state index in [4.69, 9.17) is 15.2 Å². The predicted molar refractivity (Wildman–Crippen MR) is 97.8 cm³/mol. The normalized spacial score (nSPS) is 25.6. The third-order valence-electron chi connectivity index (χ3n) is 5.88. The number of hydrogen-bond donors (Lipinski definition) is 2. The third kappa shape index (κ3) is 3.82. The van der Waals surface area contributed by atoms with Gasteiger partial charge in [0.25, 0.3) is 0 Å². The van der Waals surface area contributed by atoms with Crippen LogP contribution in [0.3, 0.4) is 0 Å². The van der Waals surface area contributed by atoms with E-state index in [1.54, 1.807) is 7.11 Å². The van der Waals surface area contributed by atoms with Crippen LogP contribution in [0.5, 0.6) is 5.75 Å². The second-order valence-corrected chi connectivity index (χ2v) is 7.52. The highest BCUT2D eigenvalue weighted by Crippen LogP contribution is 2.40. The van der Waals surface area contributed by atoms with Crippen molar-refractivity contribution in [3.8, 4) is 5.75 Å². The first-order valence-corrected chi connectivity index (χ1v) is 9.32. The standard InChI is InChI=1S/C20H30N2O3/c1-14-6-7-18(24-2)16(12-14)20(8-10-25-11-9-20)13-22-19(23)15-4-3-5-17(15)21/h6-7,12,15,17H,3-5,8-11,13,21H2,1-2H3,(H,22,23). The van der Waals surface area contributed by atoms with Crippen molar-refractivity contribution in [2.75, 3.05) is 26.9 Å². The number of carbonyl (C=O) groups is 1. The number of nitrogens with two attached hydrogens (primary N) is 1. The molecule has 0 aromatic heterocycles. The molecule has 1 saturated carbocycles. The number of ether oxygens (including phenoxy) is 2. The molecule has 1 aliphatic heterocycles. The molecule has 5 heteroatoms. The quantitative estimate of drug-likeness (QED) is 0.858. The highest BCUT2D eigenvalue weighted by molar-refractivity contribution is 5.79. The lowest BCUT2D eigenvalue weighted by Gasteiger charge is -2.39. The molecule has 2 atom stereocenters. The van der Waals surface area contributed by atoms with Crippen molar-refractivity contribution in [1.82, 2.24) is 5.32 Å². The lowest BCUT2D eigenvalue weighted by Crippen LogP contribution is -2.47. The van der Waals surface area contributed by atoms with Crippen LogP contribution in [0.4, 0.5) is 0 Å². The topological polar surface area (TPSA) is 73.6 Å². The molecule has 3 rings (SSSR count). The zero-order chi connectivity index (χ0) is 17.9. The van der Waals surface area contributed by atoms with Gasteiger partial charge in [0.1, 0.15) is 5.75 Å². The maximum Gasteiger partial charge on any atom is 0.224 e. The van der Waals surface area contributed by atoms with E-state index in [-0.39, 0.29) is 23.3 Å². The number of rotatable bonds is 5. The highest BCUT2D eigenvalue weighted by atomic mass is 16.5. The highest BCUT2D eigenvalue weighted by Gasteiger charge is 2.38. The smallest absolute Gasteiger partial charge is 0.224 e. The summed E-state index contributed by atoms with van der Waals surface area (Å²) in [6, 6.07) is 6.28. The molecule has 138 valence electrons. The Hall–Kier alpha value is -1.59. The largest absolute Gasteiger partial charge is 0.496 e. The van der Waals surface area contributed by atoms with Crippen LogP contribution in [-0.2, 0) is 14.9 Å². The third-order valence-corrected chi connectivity index (χ3v) is 5.88. The van der Waals surface area contributed by atoms with Gasteiger partial charge in [0, 0.05) is 36.8 Å². The van der Waals surface area contributed by atoms with Crippen LogP contribution >= 0.6 is 0 Å². The van der Waals surface area contributed by atoms with Crippen LogP contribution < -0.4 is 15.8 Å². The molecule has 25 heavy (non-hydrogen) atoms. The first-order chi connectivity index (χ1) is 12.1. The first-order valence-electron chi connectivity index (χ1n) is 9.32. The maximum absolute atomic E-state index is 12.6. The van der Waals surface area contributed by atoms with Crippen molar-refractivity contribution in [2.45, 2.75) is 50.5 Å². The van der Waals surface area contributed by atoms with Crippen molar-refractivity contribution in [2.24, 2.45) is 11.7 Å². The van der Waals surface area contributed by atoms with Gasteiger partial charge in [-0.25, -0.2) is 0 Å². The fourth-order valence-corrected chi connectivity index (χ4v) is 4.24. The molecule has 2 aliphatic rings. The van der Waals surface area contributed by atoms with Crippen LogP contribution in [0, 0.1) is 12.8 Å². The van der Waals surface area contributed by atoms with E-state index >= 15 is 0 Å². The Balaban J connectivity index is 1.82. The predicted octanol–water partition coefficient (Wildman–Crippen LogP) is 2.30. The molecule has 2 unspecified atom stereocenters. The van der Waals surface area contributed by atoms with Crippen molar-refractivity contribution in [3.05, 3.63) is 29.3 Å². The molecule has 0 radical (unpaired) electrons. The number of benzene rings is 1. The van der Waals surface area contributed by atoms with Crippen molar-refractivity contribution in [3.63, 3.8) is 0 Å². The van der Waals surface area contributed by atoms with Gasteiger partial charge in [0.15, 0.2) is 0 Å². The number of carbonyl (C=O) groups excluding carboxylic acids is 1. The summed E-state index contributed by atoms with van der Waals surface area (Å²) in [7, 11) is 1.71. The van der Waals surface area contributed by atoms with E-state index in [2.05, 4.69) is 24.4 Å². The van der Waals surface area contributed by atoms with Crippen LogP contribution in [-0.4, -0.2) is 38.8 Å². The Morgan fingerprint density at radius 3 is 2.76 bits per heavy atom. The van der Waals surface area contributed by atoms with Gasteiger partial charge in [-0.15, -0.1) is 0 Å². The number of aryl methyl sites for hydroxylation is 1. The van der Waals surface area contributed by atoms with Gasteiger partial charge in [-0.3, -0.25) is 4.79 Å². The Bertz CT molecular complexity index is 611. The number of hydrogen-bond acceptors (Lipinski definition) is 4. The minimum absolute atomic E-state index is 0.000792. The summed E-state index contributed by atoms with van der Waals surface area (Å²) in [5.74, 6) is 0.943. The molecule has 0 bridgehead atoms. The molecule has 2 fully saturated rings. The number of amides is 1. The van der Waals surface area contributed by atoms with Gasteiger partial charge in [0.2, 0.25) is 5.91 Å². The molecule has 1 heterocycles. The molecule has 5 nitrogen and oxygen atoms in total. The van der Waals surface area contributed by atoms with E-state index in [1.165, 1.54) is 11.1 Å². The lowest BCUT2D eigenvalue weighted by atomic mass is 9.73. The summed E-state index contributed by atoms with van der Waals surface area (Å²) in [5, 5.41) is 3.20. The van der Waals surface area contributed by atoms with Crippen LogP contribution in [0.1, 0.15) is 43.2 Å². The summed E-state index contributed by atoms with van der Waals surface area (Å²) < 4.78 is 11.2. The molecule has 0 spiro atoms. The summed E-state index contributed by atoms with van der Waals surface area (Å²) >= 11 is 0. The fraction of sp³-hybridized carbons (Fsp3) is 0.650. The van der Waals surface area contributed by atoms with E-state index in [1.807, 2.05) is 6.07 Å². The molecule has 1 amide bonds. The average Bonchev–Trinajstić information content (AvgIpc) is 3.06. The SMILES string of the molecule is COc1ccc(C)cc1C1(CNC(=O)C2CCCC2N)CCOCC1. The summed E-state index contributed by atoms with van der Waals surface area (Å²) in [5.41, 5.74) is 8.33. The zero-order valence-corrected chi connectivity index (χ0v) is 15.3. The zero-order valence-electron chi connectivity index (χ0n) is 15.3. The minimum atomic E-state index is -0.145. The summed E-state index contributed by atoms with van der Waals surface area (Å²) in [6.07, 6.45) is 4.65. The van der Waals surface area contributed by atoms with Crippen molar-refractivity contribution < 1.29 is 14.3 Å². The fourth-order valence-electron chi connectivity index (χ4n) is 4.24. The van der Waals surface area contributed by atoms with Gasteiger partial charge in [0.05, 0.1) is 13.0 Å². The first kappa shape index (κ1) is 18.2. The van der Waals surface area contributed by atoms with Crippen LogP contribution in [0.2, 0.25) is 0 Å². The van der Waals surface area contributed by atoms with Gasteiger partial charge < -0.3 is 20.5 Å². The Morgan fingerprint density at radius 1 is 1.36 bits per heavy atom. The maximum atomic E-state index is 12.6. The monoisotopic (exact) mass is 346 g/mol. The van der Waals surface area contributed by atoms with E-state index in [0.717, 1.165) is 37.9 Å². The molecule has 1 saturated heterocycles. The average molecular weight is 346 g/mol. The Labute approximate surface area is 150 Å². The molecular weight excluding hydrogens is 316 g/mol. The second-order valence-electron chi connectivity index (χ2n) is 7.52. The van der Waals surface area contributed by atoms with Gasteiger partial charge >= 0.3 is 0 Å². The molecule has 1 aromatic carbocycles. The molecule has 1 aromatic rings. The van der Waals surface area contributed by atoms with E-state index in [0.29, 0.717) is 19.8 Å². The van der Waals surface area contributed by atoms with Gasteiger partial charge in [-0.2, -0.15) is 0 Å². The van der Waals surface area contributed by atoms with Crippen LogP contribution in [0.15, 0.2) is 18.2 Å². The summed E-state index contributed by atoms with van der Waals surface area (Å²) in [4.78, 5) is 12.6. The van der Waals surface area contributed by atoms with E-state index < -0.39 is 0 Å². The number of methoxy groups -OCH3 is 1. The molecular formula is C20H30N2O3. The Morgan fingerprint density at radius 2 is 2.12 bits per heavy atom. The van der Waals surface area contributed by atoms with Crippen molar-refractivity contribution in [1.29, 1.82) is 0 Å². The summed E-state index contributed by atoms with van der Waals surface area (Å²) in [6.45, 7) is 4.11. The minimum Gasteiger partial charge on any atom is -0.496 e. The number of nitrogens with one attached hydrogen (secondary N) is 1. The molecule has 1 aliphatic carbocycles. The van der Waals surface area contributed by atoms with Gasteiger partial charge in [-0.05, 0) is 38.7 Å². The van der Waals surface area contributed by atoms with Crippen LogP contribution in [0.25, 0.3) is 0 Å². The van der Waals surface area contributed by atoms with E-state index in [9.17, 15) is 4.79 Å². The van der Waals surface area contributed by atoms with Gasteiger partial charge in [-0.1, -0.05) is 24.1 Å².